The number of benzene rings is 1. The lowest BCUT2D eigenvalue weighted by molar-refractivity contribution is 0.446. The van der Waals surface area contributed by atoms with Gasteiger partial charge in [0, 0.05) is 6.26 Å². The van der Waals surface area contributed by atoms with E-state index in [4.69, 9.17) is 0 Å². The first-order valence-electron chi connectivity index (χ1n) is 7.05. The molecule has 1 N–H and O–H groups in total. The largest absolute Gasteiger partial charge is 0.312 e. The Morgan fingerprint density at radius 2 is 1.85 bits per heavy atom. The summed E-state index contributed by atoms with van der Waals surface area (Å²) in [6.07, 6.45) is 2.30. The number of hydrogen-bond acceptors (Lipinski definition) is 3. The topological polar surface area (TPSA) is 46.2 Å². The third kappa shape index (κ3) is 3.83. The molecule has 1 aromatic rings. The van der Waals surface area contributed by atoms with Crippen LogP contribution in [-0.2, 0) is 16.3 Å². The fourth-order valence-corrected chi connectivity index (χ4v) is 3.18. The molecule has 20 heavy (non-hydrogen) atoms. The summed E-state index contributed by atoms with van der Waals surface area (Å²) in [4.78, 5) is 0. The van der Waals surface area contributed by atoms with Crippen LogP contribution in [0.15, 0.2) is 24.3 Å². The van der Waals surface area contributed by atoms with Crippen LogP contribution >= 0.6 is 0 Å². The monoisotopic (exact) mass is 297 g/mol. The van der Waals surface area contributed by atoms with Crippen molar-refractivity contribution in [2.45, 2.75) is 44.9 Å². The van der Waals surface area contributed by atoms with Gasteiger partial charge in [0.1, 0.15) is 0 Å². The first-order valence-corrected chi connectivity index (χ1v) is 8.94. The van der Waals surface area contributed by atoms with Crippen LogP contribution in [0.1, 0.15) is 44.9 Å². The molecule has 3 nitrogen and oxygen atoms in total. The van der Waals surface area contributed by atoms with Crippen LogP contribution in [0.3, 0.4) is 0 Å². The Kier molecular flexibility index (Phi) is 5.39. The number of sulfone groups is 1. The van der Waals surface area contributed by atoms with E-state index < -0.39 is 14.6 Å². The maximum absolute atomic E-state index is 12.0. The van der Waals surface area contributed by atoms with Gasteiger partial charge in [-0.25, -0.2) is 8.42 Å². The molecule has 1 atom stereocenters. The van der Waals surface area contributed by atoms with Crippen molar-refractivity contribution in [2.75, 3.05) is 13.3 Å². The third-order valence-electron chi connectivity index (χ3n) is 3.87. The standard InChI is InChI=1S/C16H27NO2S/c1-12(2)10-13-8-7-9-14(11-13)15(17-5)16(3,4)20(6,18)19/h7-9,11-12,15,17H,10H2,1-6H3. The van der Waals surface area contributed by atoms with Crippen LogP contribution in [0, 0.1) is 5.92 Å². The summed E-state index contributed by atoms with van der Waals surface area (Å²) in [6, 6.07) is 8.01. The molecule has 1 rings (SSSR count). The molecular weight excluding hydrogens is 270 g/mol. The lowest BCUT2D eigenvalue weighted by Gasteiger charge is -2.33. The Hall–Kier alpha value is -0.870. The predicted octanol–water partition coefficient (Wildman–Crippen LogP) is 2.97. The zero-order valence-electron chi connectivity index (χ0n) is 13.4. The zero-order chi connectivity index (χ0) is 15.6. The SMILES string of the molecule is CNC(c1cccc(CC(C)C)c1)C(C)(C)S(C)(=O)=O. The molecule has 0 aliphatic heterocycles. The number of hydrogen-bond donors (Lipinski definition) is 1. The maximum Gasteiger partial charge on any atom is 0.154 e. The van der Waals surface area contributed by atoms with E-state index in [1.807, 2.05) is 19.2 Å². The average Bonchev–Trinajstić information content (AvgIpc) is 2.27. The van der Waals surface area contributed by atoms with E-state index in [0.717, 1.165) is 12.0 Å². The van der Waals surface area contributed by atoms with E-state index in [-0.39, 0.29) is 6.04 Å². The second-order valence-electron chi connectivity index (χ2n) is 6.44. The van der Waals surface area contributed by atoms with Crippen LogP contribution in [0.2, 0.25) is 0 Å². The Morgan fingerprint density at radius 1 is 1.25 bits per heavy atom. The van der Waals surface area contributed by atoms with Crippen molar-refractivity contribution in [3.8, 4) is 0 Å². The number of nitrogens with one attached hydrogen (secondary N) is 1. The van der Waals surface area contributed by atoms with Gasteiger partial charge in [-0.05, 0) is 44.4 Å². The van der Waals surface area contributed by atoms with Crippen LogP contribution in [-0.4, -0.2) is 26.5 Å². The van der Waals surface area contributed by atoms with Crippen molar-refractivity contribution in [3.05, 3.63) is 35.4 Å². The summed E-state index contributed by atoms with van der Waals surface area (Å²) in [7, 11) is -1.35. The molecule has 114 valence electrons. The van der Waals surface area contributed by atoms with Crippen LogP contribution in [0.25, 0.3) is 0 Å². The van der Waals surface area contributed by atoms with Crippen molar-refractivity contribution in [1.29, 1.82) is 0 Å². The van der Waals surface area contributed by atoms with Crippen molar-refractivity contribution >= 4 is 9.84 Å². The Balaban J connectivity index is 3.20. The van der Waals surface area contributed by atoms with Crippen molar-refractivity contribution in [3.63, 3.8) is 0 Å². The summed E-state index contributed by atoms with van der Waals surface area (Å²) < 4.78 is 23.2. The maximum atomic E-state index is 12.0. The summed E-state index contributed by atoms with van der Waals surface area (Å²) in [5, 5.41) is 3.17. The molecule has 0 amide bonds. The molecule has 4 heteroatoms. The first kappa shape index (κ1) is 17.2. The smallest absolute Gasteiger partial charge is 0.154 e. The molecule has 1 aromatic carbocycles. The van der Waals surface area contributed by atoms with E-state index in [2.05, 4.69) is 31.3 Å². The van der Waals surface area contributed by atoms with Gasteiger partial charge in [0.2, 0.25) is 0 Å². The molecule has 1 unspecified atom stereocenters. The predicted molar refractivity (Wildman–Crippen MR) is 85.7 cm³/mol. The molecule has 0 aliphatic rings. The van der Waals surface area contributed by atoms with Gasteiger partial charge in [-0.2, -0.15) is 0 Å². The Morgan fingerprint density at radius 3 is 2.30 bits per heavy atom. The van der Waals surface area contributed by atoms with E-state index in [1.54, 1.807) is 13.8 Å². The van der Waals surface area contributed by atoms with Gasteiger partial charge in [-0.3, -0.25) is 0 Å². The Bertz CT molecular complexity index is 547. The van der Waals surface area contributed by atoms with Crippen molar-refractivity contribution < 1.29 is 8.42 Å². The molecule has 0 aromatic heterocycles. The second kappa shape index (κ2) is 6.27. The van der Waals surface area contributed by atoms with E-state index >= 15 is 0 Å². The molecule has 0 aliphatic carbocycles. The zero-order valence-corrected chi connectivity index (χ0v) is 14.2. The minimum Gasteiger partial charge on any atom is -0.312 e. The van der Waals surface area contributed by atoms with Gasteiger partial charge in [-0.1, -0.05) is 38.1 Å². The van der Waals surface area contributed by atoms with Gasteiger partial charge in [0.05, 0.1) is 10.8 Å². The highest BCUT2D eigenvalue weighted by Crippen LogP contribution is 2.32. The van der Waals surface area contributed by atoms with Gasteiger partial charge < -0.3 is 5.32 Å². The number of rotatable bonds is 6. The van der Waals surface area contributed by atoms with Crippen molar-refractivity contribution in [1.82, 2.24) is 5.32 Å². The normalized spacial score (nSPS) is 14.6. The van der Waals surface area contributed by atoms with E-state index in [1.165, 1.54) is 11.8 Å². The first-order chi connectivity index (χ1) is 9.09. The van der Waals surface area contributed by atoms with E-state index in [0.29, 0.717) is 5.92 Å². The molecule has 0 spiro atoms. The molecule has 0 bridgehead atoms. The van der Waals surface area contributed by atoms with Gasteiger partial charge in [-0.15, -0.1) is 0 Å². The van der Waals surface area contributed by atoms with Crippen molar-refractivity contribution in [2.24, 2.45) is 5.92 Å². The quantitative estimate of drug-likeness (QED) is 0.878. The third-order valence-corrected chi connectivity index (χ3v) is 6.01. The molecule has 0 radical (unpaired) electrons. The molecule has 0 heterocycles. The summed E-state index contributed by atoms with van der Waals surface area (Å²) in [5.41, 5.74) is 2.28. The summed E-state index contributed by atoms with van der Waals surface area (Å²) in [5.74, 6) is 0.584. The van der Waals surface area contributed by atoms with Gasteiger partial charge in [0.25, 0.3) is 0 Å². The molecule has 0 saturated carbocycles. The minimum absolute atomic E-state index is 0.218. The highest BCUT2D eigenvalue weighted by molar-refractivity contribution is 7.92. The summed E-state index contributed by atoms with van der Waals surface area (Å²) in [6.45, 7) is 7.92. The molecular formula is C16H27NO2S. The Labute approximate surface area is 123 Å². The van der Waals surface area contributed by atoms with Crippen LogP contribution in [0.5, 0.6) is 0 Å². The van der Waals surface area contributed by atoms with Gasteiger partial charge in [0.15, 0.2) is 9.84 Å². The lowest BCUT2D eigenvalue weighted by atomic mass is 9.92. The molecule has 0 fully saturated rings. The second-order valence-corrected chi connectivity index (χ2v) is 9.04. The highest BCUT2D eigenvalue weighted by atomic mass is 32.2. The van der Waals surface area contributed by atoms with Crippen LogP contribution < -0.4 is 5.32 Å². The fraction of sp³-hybridized carbons (Fsp3) is 0.625. The fourth-order valence-electron chi connectivity index (χ4n) is 2.50. The van der Waals surface area contributed by atoms with Gasteiger partial charge >= 0.3 is 0 Å². The van der Waals surface area contributed by atoms with E-state index in [9.17, 15) is 8.42 Å². The lowest BCUT2D eigenvalue weighted by Crippen LogP contribution is -2.43. The molecule has 0 saturated heterocycles. The average molecular weight is 297 g/mol. The summed E-state index contributed by atoms with van der Waals surface area (Å²) >= 11 is 0. The minimum atomic E-state index is -3.16. The highest BCUT2D eigenvalue weighted by Gasteiger charge is 2.39. The van der Waals surface area contributed by atoms with Crippen LogP contribution in [0.4, 0.5) is 0 Å².